The zero-order chi connectivity index (χ0) is 16.9. The molecule has 0 bridgehead atoms. The predicted molar refractivity (Wildman–Crippen MR) is 85.9 cm³/mol. The second kappa shape index (κ2) is 7.72. The normalized spacial score (nSPS) is 25.4. The van der Waals surface area contributed by atoms with Crippen molar-refractivity contribution in [3.05, 3.63) is 30.1 Å². The lowest BCUT2D eigenvalue weighted by Crippen LogP contribution is -2.54. The number of rotatable bonds is 4. The molecule has 0 spiro atoms. The van der Waals surface area contributed by atoms with Crippen molar-refractivity contribution in [1.82, 2.24) is 15.2 Å². The molecule has 24 heavy (non-hydrogen) atoms. The van der Waals surface area contributed by atoms with Gasteiger partial charge in [0.05, 0.1) is 6.04 Å². The molecule has 3 rings (SSSR count). The number of pyridine rings is 1. The Kier molecular flexibility index (Phi) is 5.42. The molecule has 0 aromatic carbocycles. The number of aliphatic hydroxyl groups excluding tert-OH is 1. The Bertz CT molecular complexity index is 572. The largest absolute Gasteiger partial charge is 0.396 e. The van der Waals surface area contributed by atoms with Crippen molar-refractivity contribution in [1.29, 1.82) is 0 Å². The summed E-state index contributed by atoms with van der Waals surface area (Å²) in [5.74, 6) is 0.154. The molecule has 0 saturated carbocycles. The summed E-state index contributed by atoms with van der Waals surface area (Å²) >= 11 is 0. The maximum absolute atomic E-state index is 12.9. The molecule has 0 unspecified atom stereocenters. The van der Waals surface area contributed by atoms with E-state index in [1.807, 2.05) is 6.07 Å². The highest BCUT2D eigenvalue weighted by atomic mass is 16.5. The first-order valence-electron chi connectivity index (χ1n) is 8.39. The van der Waals surface area contributed by atoms with Crippen molar-refractivity contribution in [2.45, 2.75) is 31.4 Å². The lowest BCUT2D eigenvalue weighted by Gasteiger charge is -2.38. The summed E-state index contributed by atoms with van der Waals surface area (Å²) in [7, 11) is 0. The minimum Gasteiger partial charge on any atom is -0.396 e. The number of nitrogens with one attached hydrogen (secondary N) is 1. The van der Waals surface area contributed by atoms with Crippen LogP contribution in [-0.2, 0) is 14.3 Å². The molecule has 2 fully saturated rings. The molecule has 2 aliphatic heterocycles. The maximum atomic E-state index is 12.9. The van der Waals surface area contributed by atoms with Crippen molar-refractivity contribution < 1.29 is 19.4 Å². The van der Waals surface area contributed by atoms with Gasteiger partial charge in [0.15, 0.2) is 6.10 Å². The van der Waals surface area contributed by atoms with E-state index in [2.05, 4.69) is 10.3 Å². The average Bonchev–Trinajstić information content (AvgIpc) is 2.63. The fourth-order valence-electron chi connectivity index (χ4n) is 3.39. The lowest BCUT2D eigenvalue weighted by molar-refractivity contribution is -0.156. The number of morpholine rings is 1. The Morgan fingerprint density at radius 2 is 2.21 bits per heavy atom. The van der Waals surface area contributed by atoms with Crippen LogP contribution < -0.4 is 5.32 Å². The highest BCUT2D eigenvalue weighted by Crippen LogP contribution is 2.26. The van der Waals surface area contributed by atoms with Crippen LogP contribution in [0.5, 0.6) is 0 Å². The zero-order valence-electron chi connectivity index (χ0n) is 13.6. The van der Waals surface area contributed by atoms with Crippen molar-refractivity contribution in [2.24, 2.45) is 5.92 Å². The van der Waals surface area contributed by atoms with Gasteiger partial charge in [-0.1, -0.05) is 6.07 Å². The van der Waals surface area contributed by atoms with Crippen LogP contribution in [0.25, 0.3) is 0 Å². The second-order valence-corrected chi connectivity index (χ2v) is 6.34. The fraction of sp³-hybridized carbons (Fsp3) is 0.588. The van der Waals surface area contributed by atoms with Gasteiger partial charge in [0, 0.05) is 32.1 Å². The van der Waals surface area contributed by atoms with Crippen LogP contribution >= 0.6 is 0 Å². The summed E-state index contributed by atoms with van der Waals surface area (Å²) in [4.78, 5) is 30.5. The molecule has 3 heterocycles. The standard InChI is InChI=1S/C17H23N3O4/c21-9-5-12-3-7-20(8-4-12)17(23)16-15(19-14(22)11-24-16)13-2-1-6-18-10-13/h1-2,6,10,12,15-16,21H,3-5,7-9,11H2,(H,19,22)/t15-,16+/m1/s1. The summed E-state index contributed by atoms with van der Waals surface area (Å²) < 4.78 is 5.58. The summed E-state index contributed by atoms with van der Waals surface area (Å²) in [6, 6.07) is 3.10. The molecule has 2 saturated heterocycles. The monoisotopic (exact) mass is 333 g/mol. The van der Waals surface area contributed by atoms with Crippen LogP contribution in [0.2, 0.25) is 0 Å². The average molecular weight is 333 g/mol. The van der Waals surface area contributed by atoms with E-state index < -0.39 is 12.1 Å². The number of amides is 2. The van der Waals surface area contributed by atoms with E-state index in [0.29, 0.717) is 19.0 Å². The minimum absolute atomic E-state index is 0.0914. The second-order valence-electron chi connectivity index (χ2n) is 6.34. The summed E-state index contributed by atoms with van der Waals surface area (Å²) in [6.07, 6.45) is 5.15. The zero-order valence-corrected chi connectivity index (χ0v) is 13.6. The SMILES string of the molecule is O=C1CO[C@H](C(=O)N2CCC(CCO)CC2)[C@@H](c2cccnc2)N1. The Hall–Kier alpha value is -1.99. The fourth-order valence-corrected chi connectivity index (χ4v) is 3.39. The highest BCUT2D eigenvalue weighted by Gasteiger charge is 2.39. The maximum Gasteiger partial charge on any atom is 0.254 e. The minimum atomic E-state index is -0.721. The predicted octanol–water partition coefficient (Wildman–Crippen LogP) is 0.259. The van der Waals surface area contributed by atoms with Gasteiger partial charge in [0.2, 0.25) is 5.91 Å². The number of ether oxygens (including phenoxy) is 1. The van der Waals surface area contributed by atoms with E-state index in [9.17, 15) is 9.59 Å². The molecule has 1 aromatic rings. The number of likely N-dealkylation sites (tertiary alicyclic amines) is 1. The molecular formula is C17H23N3O4. The van der Waals surface area contributed by atoms with Gasteiger partial charge in [-0.05, 0) is 36.8 Å². The summed E-state index contributed by atoms with van der Waals surface area (Å²) in [5, 5.41) is 11.9. The van der Waals surface area contributed by atoms with Crippen LogP contribution in [0.3, 0.4) is 0 Å². The van der Waals surface area contributed by atoms with E-state index in [1.165, 1.54) is 0 Å². The number of hydrogen-bond acceptors (Lipinski definition) is 5. The first kappa shape index (κ1) is 16.9. The molecule has 7 nitrogen and oxygen atoms in total. The van der Waals surface area contributed by atoms with Crippen LogP contribution in [0.4, 0.5) is 0 Å². The van der Waals surface area contributed by atoms with Crippen LogP contribution in [-0.4, -0.2) is 59.2 Å². The van der Waals surface area contributed by atoms with E-state index >= 15 is 0 Å². The van der Waals surface area contributed by atoms with Gasteiger partial charge in [0.1, 0.15) is 6.61 Å². The molecular weight excluding hydrogens is 310 g/mol. The summed E-state index contributed by atoms with van der Waals surface area (Å²) in [5.41, 5.74) is 0.763. The molecule has 2 N–H and O–H groups in total. The number of aliphatic hydroxyl groups is 1. The van der Waals surface area contributed by atoms with Crippen LogP contribution in [0.15, 0.2) is 24.5 Å². The third kappa shape index (κ3) is 3.73. The molecule has 0 aliphatic carbocycles. The third-order valence-corrected chi connectivity index (χ3v) is 4.76. The number of nitrogens with zero attached hydrogens (tertiary/aromatic N) is 2. The number of piperidine rings is 1. The van der Waals surface area contributed by atoms with Gasteiger partial charge < -0.3 is 20.1 Å². The molecule has 1 aromatic heterocycles. The van der Waals surface area contributed by atoms with E-state index in [0.717, 1.165) is 24.8 Å². The molecule has 2 amide bonds. The van der Waals surface area contributed by atoms with Gasteiger partial charge >= 0.3 is 0 Å². The number of hydrogen-bond donors (Lipinski definition) is 2. The molecule has 0 radical (unpaired) electrons. The Morgan fingerprint density at radius 1 is 1.42 bits per heavy atom. The number of carbonyl (C=O) groups is 2. The molecule has 2 atom stereocenters. The third-order valence-electron chi connectivity index (χ3n) is 4.76. The van der Waals surface area contributed by atoms with Gasteiger partial charge in [-0.3, -0.25) is 14.6 Å². The number of carbonyl (C=O) groups excluding carboxylic acids is 2. The van der Waals surface area contributed by atoms with Gasteiger partial charge in [-0.15, -0.1) is 0 Å². The topological polar surface area (TPSA) is 91.8 Å². The van der Waals surface area contributed by atoms with E-state index in [-0.39, 0.29) is 25.0 Å². The first-order valence-corrected chi connectivity index (χ1v) is 8.39. The van der Waals surface area contributed by atoms with Crippen molar-refractivity contribution >= 4 is 11.8 Å². The molecule has 2 aliphatic rings. The van der Waals surface area contributed by atoms with E-state index in [4.69, 9.17) is 9.84 Å². The van der Waals surface area contributed by atoms with Crippen LogP contribution in [0.1, 0.15) is 30.9 Å². The van der Waals surface area contributed by atoms with Gasteiger partial charge in [0.25, 0.3) is 5.91 Å². The quantitative estimate of drug-likeness (QED) is 0.825. The number of aromatic nitrogens is 1. The first-order chi connectivity index (χ1) is 11.7. The van der Waals surface area contributed by atoms with Gasteiger partial charge in [-0.2, -0.15) is 0 Å². The lowest BCUT2D eigenvalue weighted by atomic mass is 9.93. The van der Waals surface area contributed by atoms with Crippen molar-refractivity contribution in [3.63, 3.8) is 0 Å². The van der Waals surface area contributed by atoms with Crippen molar-refractivity contribution in [3.8, 4) is 0 Å². The van der Waals surface area contributed by atoms with Crippen molar-refractivity contribution in [2.75, 3.05) is 26.3 Å². The Morgan fingerprint density at radius 3 is 2.88 bits per heavy atom. The van der Waals surface area contributed by atoms with Gasteiger partial charge in [-0.25, -0.2) is 0 Å². The van der Waals surface area contributed by atoms with Crippen LogP contribution in [0, 0.1) is 5.92 Å². The molecule has 7 heteroatoms. The Labute approximate surface area is 141 Å². The highest BCUT2D eigenvalue weighted by molar-refractivity contribution is 5.86. The molecule has 130 valence electrons. The summed E-state index contributed by atoms with van der Waals surface area (Å²) in [6.45, 7) is 1.42. The van der Waals surface area contributed by atoms with E-state index in [1.54, 1.807) is 23.4 Å². The smallest absolute Gasteiger partial charge is 0.254 e. The Balaban J connectivity index is 1.69.